The molecule has 150 valence electrons. The molecular formula is C20H25N3O4S. The van der Waals surface area contributed by atoms with Gasteiger partial charge in [0.25, 0.3) is 10.0 Å². The zero-order valence-electron chi connectivity index (χ0n) is 16.1. The van der Waals surface area contributed by atoms with Gasteiger partial charge in [-0.3, -0.25) is 4.72 Å². The maximum Gasteiger partial charge on any atom is 0.339 e. The van der Waals surface area contributed by atoms with E-state index in [1.165, 1.54) is 12.3 Å². The molecule has 0 atom stereocenters. The van der Waals surface area contributed by atoms with E-state index in [0.717, 1.165) is 49.9 Å². The molecule has 2 aromatic rings. The normalized spacial score (nSPS) is 15.1. The van der Waals surface area contributed by atoms with Crippen LogP contribution in [-0.4, -0.2) is 37.6 Å². The fourth-order valence-electron chi connectivity index (χ4n) is 3.51. The minimum Gasteiger partial charge on any atom is -0.478 e. The minimum atomic E-state index is -3.84. The molecule has 1 fully saturated rings. The van der Waals surface area contributed by atoms with Gasteiger partial charge in [-0.05, 0) is 56.0 Å². The molecule has 8 heteroatoms. The molecule has 1 aliphatic rings. The third-order valence-electron chi connectivity index (χ3n) is 4.76. The molecule has 1 aromatic heterocycles. The summed E-state index contributed by atoms with van der Waals surface area (Å²) in [6, 6.07) is 6.38. The lowest BCUT2D eigenvalue weighted by atomic mass is 10.2. The topological polar surface area (TPSA) is 99.6 Å². The Morgan fingerprint density at radius 2 is 1.64 bits per heavy atom. The largest absolute Gasteiger partial charge is 0.478 e. The lowest BCUT2D eigenvalue weighted by molar-refractivity contribution is 0.0697. The number of carboxylic acid groups (broad SMARTS) is 1. The monoisotopic (exact) mass is 403 g/mol. The van der Waals surface area contributed by atoms with Gasteiger partial charge in [0.1, 0.15) is 11.4 Å². The van der Waals surface area contributed by atoms with Crippen LogP contribution >= 0.6 is 0 Å². The Morgan fingerprint density at radius 1 is 1.04 bits per heavy atom. The van der Waals surface area contributed by atoms with Crippen molar-refractivity contribution in [1.82, 2.24) is 4.98 Å². The van der Waals surface area contributed by atoms with E-state index in [4.69, 9.17) is 0 Å². The Balaban J connectivity index is 1.92. The van der Waals surface area contributed by atoms with Gasteiger partial charge in [-0.15, -0.1) is 0 Å². The Kier molecular flexibility index (Phi) is 5.88. The Bertz CT molecular complexity index is 961. The fourth-order valence-corrected chi connectivity index (χ4v) is 4.73. The van der Waals surface area contributed by atoms with Gasteiger partial charge in [-0.25, -0.2) is 18.2 Å². The van der Waals surface area contributed by atoms with Crippen LogP contribution in [0.1, 0.15) is 47.2 Å². The van der Waals surface area contributed by atoms with Crippen molar-refractivity contribution >= 4 is 27.5 Å². The number of aromatic nitrogens is 1. The fraction of sp³-hybridized carbons (Fsp3) is 0.400. The SMILES string of the molecule is Cc1cc(C)cc(S(=O)(=O)Nc2cnc(N3CCCCCC3)c(C(=O)O)c2)c1. The molecule has 1 aromatic carbocycles. The van der Waals surface area contributed by atoms with Gasteiger partial charge in [0, 0.05) is 13.1 Å². The summed E-state index contributed by atoms with van der Waals surface area (Å²) in [5, 5.41) is 9.64. The summed E-state index contributed by atoms with van der Waals surface area (Å²) in [6.07, 6.45) is 5.59. The minimum absolute atomic E-state index is 0.00234. The molecule has 0 amide bonds. The third-order valence-corrected chi connectivity index (χ3v) is 6.12. The average Bonchev–Trinajstić information content (AvgIpc) is 2.90. The van der Waals surface area contributed by atoms with Crippen molar-refractivity contribution < 1.29 is 18.3 Å². The molecule has 0 saturated carbocycles. The molecule has 1 aliphatic heterocycles. The van der Waals surface area contributed by atoms with Crippen molar-refractivity contribution in [2.24, 2.45) is 0 Å². The van der Waals surface area contributed by atoms with Crippen LogP contribution in [0.15, 0.2) is 35.4 Å². The number of aromatic carboxylic acids is 1. The lowest BCUT2D eigenvalue weighted by Crippen LogP contribution is -2.27. The van der Waals surface area contributed by atoms with Gasteiger partial charge in [0.15, 0.2) is 0 Å². The van der Waals surface area contributed by atoms with Crippen LogP contribution in [0.2, 0.25) is 0 Å². The van der Waals surface area contributed by atoms with Crippen LogP contribution in [-0.2, 0) is 10.0 Å². The van der Waals surface area contributed by atoms with Crippen molar-refractivity contribution in [2.75, 3.05) is 22.7 Å². The van der Waals surface area contributed by atoms with Gasteiger partial charge in [0.05, 0.1) is 16.8 Å². The molecule has 0 spiro atoms. The Hall–Kier alpha value is -2.61. The molecule has 0 radical (unpaired) electrons. The number of nitrogens with one attached hydrogen (secondary N) is 1. The Morgan fingerprint density at radius 3 is 2.21 bits per heavy atom. The number of carboxylic acids is 1. The van der Waals surface area contributed by atoms with Crippen LogP contribution in [0.4, 0.5) is 11.5 Å². The summed E-state index contributed by atoms with van der Waals surface area (Å²) in [6.45, 7) is 5.15. The highest BCUT2D eigenvalue weighted by Gasteiger charge is 2.22. The van der Waals surface area contributed by atoms with Crippen LogP contribution in [0.5, 0.6) is 0 Å². The van der Waals surface area contributed by atoms with Gasteiger partial charge in [0.2, 0.25) is 0 Å². The van der Waals surface area contributed by atoms with E-state index < -0.39 is 16.0 Å². The summed E-state index contributed by atoms with van der Waals surface area (Å²) in [5.41, 5.74) is 1.81. The summed E-state index contributed by atoms with van der Waals surface area (Å²) >= 11 is 0. The number of benzene rings is 1. The molecule has 0 bridgehead atoms. The van der Waals surface area contributed by atoms with E-state index in [1.54, 1.807) is 12.1 Å². The zero-order valence-corrected chi connectivity index (χ0v) is 16.9. The van der Waals surface area contributed by atoms with Crippen LogP contribution in [0.3, 0.4) is 0 Å². The first-order chi connectivity index (χ1) is 13.3. The number of rotatable bonds is 5. The van der Waals surface area contributed by atoms with Crippen LogP contribution in [0.25, 0.3) is 0 Å². The van der Waals surface area contributed by atoms with Gasteiger partial charge < -0.3 is 10.0 Å². The first-order valence-corrected chi connectivity index (χ1v) is 10.8. The third kappa shape index (κ3) is 4.62. The summed E-state index contributed by atoms with van der Waals surface area (Å²) < 4.78 is 27.9. The van der Waals surface area contributed by atoms with E-state index >= 15 is 0 Å². The number of hydrogen-bond acceptors (Lipinski definition) is 5. The number of nitrogens with zero attached hydrogens (tertiary/aromatic N) is 2. The first-order valence-electron chi connectivity index (χ1n) is 9.36. The molecule has 0 unspecified atom stereocenters. The van der Waals surface area contributed by atoms with E-state index in [0.29, 0.717) is 5.82 Å². The molecular weight excluding hydrogens is 378 g/mol. The molecule has 0 aliphatic carbocycles. The second-order valence-corrected chi connectivity index (χ2v) is 8.91. The maximum atomic E-state index is 12.7. The molecule has 2 N–H and O–H groups in total. The van der Waals surface area contributed by atoms with Crippen molar-refractivity contribution in [2.45, 2.75) is 44.4 Å². The van der Waals surface area contributed by atoms with Crippen molar-refractivity contribution in [3.63, 3.8) is 0 Å². The van der Waals surface area contributed by atoms with Gasteiger partial charge >= 0.3 is 5.97 Å². The van der Waals surface area contributed by atoms with Crippen LogP contribution in [0, 0.1) is 13.8 Å². The smallest absolute Gasteiger partial charge is 0.339 e. The van der Waals surface area contributed by atoms with E-state index in [9.17, 15) is 18.3 Å². The molecule has 2 heterocycles. The van der Waals surface area contributed by atoms with Crippen molar-refractivity contribution in [3.8, 4) is 0 Å². The number of aryl methyl sites for hydroxylation is 2. The molecule has 3 rings (SSSR count). The van der Waals surface area contributed by atoms with Gasteiger partial charge in [-0.1, -0.05) is 18.9 Å². The molecule has 7 nitrogen and oxygen atoms in total. The number of anilines is 2. The number of sulfonamides is 1. The molecule has 28 heavy (non-hydrogen) atoms. The highest BCUT2D eigenvalue weighted by molar-refractivity contribution is 7.92. The van der Waals surface area contributed by atoms with Crippen molar-refractivity contribution in [3.05, 3.63) is 47.2 Å². The van der Waals surface area contributed by atoms with Crippen LogP contribution < -0.4 is 9.62 Å². The number of pyridine rings is 1. The van der Waals surface area contributed by atoms with E-state index in [-0.39, 0.29) is 16.1 Å². The predicted molar refractivity (Wildman–Crippen MR) is 109 cm³/mol. The van der Waals surface area contributed by atoms with Crippen molar-refractivity contribution in [1.29, 1.82) is 0 Å². The summed E-state index contributed by atoms with van der Waals surface area (Å²) in [7, 11) is -3.84. The molecule has 1 saturated heterocycles. The maximum absolute atomic E-state index is 12.7. The Labute approximate surface area is 165 Å². The average molecular weight is 404 g/mol. The first kappa shape index (κ1) is 20.1. The zero-order chi connectivity index (χ0) is 20.3. The van der Waals surface area contributed by atoms with E-state index in [1.807, 2.05) is 24.8 Å². The summed E-state index contributed by atoms with van der Waals surface area (Å²) in [4.78, 5) is 18.2. The van der Waals surface area contributed by atoms with E-state index in [2.05, 4.69) is 9.71 Å². The second kappa shape index (κ2) is 8.18. The number of carbonyl (C=O) groups is 1. The standard InChI is InChI=1S/C20H25N3O4S/c1-14-9-15(2)11-17(10-14)28(26,27)22-16-12-18(20(24)25)19(21-13-16)23-7-5-3-4-6-8-23/h9-13,22H,3-8H2,1-2H3,(H,24,25). The summed E-state index contributed by atoms with van der Waals surface area (Å²) in [5.74, 6) is -0.733. The van der Waals surface area contributed by atoms with Gasteiger partial charge in [-0.2, -0.15) is 0 Å². The highest BCUT2D eigenvalue weighted by atomic mass is 32.2. The number of hydrogen-bond donors (Lipinski definition) is 2. The highest BCUT2D eigenvalue weighted by Crippen LogP contribution is 2.26. The predicted octanol–water partition coefficient (Wildman–Crippen LogP) is 3.58. The second-order valence-electron chi connectivity index (χ2n) is 7.23. The lowest BCUT2D eigenvalue weighted by Gasteiger charge is -2.23. The quantitative estimate of drug-likeness (QED) is 0.792.